The molecular weight excluding hydrogens is 232 g/mol. The number of hydrogen-bond acceptors (Lipinski definition) is 5. The molecule has 0 unspecified atom stereocenters. The minimum absolute atomic E-state index is 0.0480. The van der Waals surface area contributed by atoms with E-state index in [0.29, 0.717) is 22.8 Å². The Morgan fingerprint density at radius 3 is 2.78 bits per heavy atom. The fourth-order valence-corrected chi connectivity index (χ4v) is 1.72. The molecule has 4 N–H and O–H groups in total. The summed E-state index contributed by atoms with van der Waals surface area (Å²) >= 11 is 0. The Morgan fingerprint density at radius 2 is 2.22 bits per heavy atom. The van der Waals surface area contributed by atoms with Crippen molar-refractivity contribution in [3.63, 3.8) is 0 Å². The first-order chi connectivity index (χ1) is 8.49. The number of oxazole rings is 1. The number of primary amides is 1. The fraction of sp³-hybridized carbons (Fsp3) is 0.333. The molecule has 18 heavy (non-hydrogen) atoms. The molecule has 96 valence electrons. The summed E-state index contributed by atoms with van der Waals surface area (Å²) in [5.74, 6) is -0.432. The molecule has 6 heteroatoms. The molecule has 0 radical (unpaired) electrons. The van der Waals surface area contributed by atoms with Crippen molar-refractivity contribution in [2.24, 2.45) is 5.73 Å². The molecule has 1 aromatic heterocycles. The van der Waals surface area contributed by atoms with Gasteiger partial charge in [0.2, 0.25) is 5.91 Å². The molecule has 6 nitrogen and oxygen atoms in total. The second-order valence-electron chi connectivity index (χ2n) is 4.38. The molecule has 0 saturated carbocycles. The van der Waals surface area contributed by atoms with Crippen LogP contribution in [0.2, 0.25) is 0 Å². The highest BCUT2D eigenvalue weighted by Gasteiger charge is 2.19. The summed E-state index contributed by atoms with van der Waals surface area (Å²) < 4.78 is 5.60. The Morgan fingerprint density at radius 1 is 1.50 bits per heavy atom. The molecule has 2 aromatic rings. The van der Waals surface area contributed by atoms with E-state index in [9.17, 15) is 4.79 Å². The molecular formula is C12H16N4O2. The van der Waals surface area contributed by atoms with Gasteiger partial charge in [-0.3, -0.25) is 4.79 Å². The second kappa shape index (κ2) is 4.56. The van der Waals surface area contributed by atoms with Crippen molar-refractivity contribution in [2.45, 2.75) is 19.9 Å². The average molecular weight is 248 g/mol. The number of nitrogens with zero attached hydrogens (tertiary/aromatic N) is 2. The summed E-state index contributed by atoms with van der Waals surface area (Å²) in [7, 11) is 0. The van der Waals surface area contributed by atoms with Crippen molar-refractivity contribution in [3.8, 4) is 0 Å². The van der Waals surface area contributed by atoms with Gasteiger partial charge in [-0.1, -0.05) is 6.07 Å². The van der Waals surface area contributed by atoms with Crippen LogP contribution in [0.1, 0.15) is 13.8 Å². The Bertz CT molecular complexity index is 576. The van der Waals surface area contributed by atoms with Gasteiger partial charge in [-0.15, -0.1) is 0 Å². The number of carbonyl (C=O) groups excluding carboxylic acids is 1. The highest BCUT2D eigenvalue weighted by molar-refractivity contribution is 5.87. The fourth-order valence-electron chi connectivity index (χ4n) is 1.72. The number of rotatable bonds is 4. The van der Waals surface area contributed by atoms with E-state index in [1.54, 1.807) is 23.1 Å². The molecule has 1 amide bonds. The van der Waals surface area contributed by atoms with Gasteiger partial charge in [0.1, 0.15) is 12.1 Å². The van der Waals surface area contributed by atoms with Crippen molar-refractivity contribution in [1.29, 1.82) is 0 Å². The van der Waals surface area contributed by atoms with E-state index in [1.165, 1.54) is 0 Å². The largest absolute Gasteiger partial charge is 0.423 e. The quantitative estimate of drug-likeness (QED) is 0.790. The number of nitrogen functional groups attached to an aromatic ring is 1. The summed E-state index contributed by atoms with van der Waals surface area (Å²) in [6, 6.07) is 5.73. The highest BCUT2D eigenvalue weighted by Crippen LogP contribution is 2.26. The number of benzene rings is 1. The van der Waals surface area contributed by atoms with Gasteiger partial charge in [0.05, 0.1) is 5.69 Å². The van der Waals surface area contributed by atoms with Gasteiger partial charge < -0.3 is 20.8 Å². The molecule has 1 aromatic carbocycles. The number of hydrogen-bond donors (Lipinski definition) is 2. The molecule has 0 aliphatic rings. The zero-order chi connectivity index (χ0) is 13.3. The lowest BCUT2D eigenvalue weighted by atomic mass is 10.3. The number of aromatic nitrogens is 1. The average Bonchev–Trinajstić information content (AvgIpc) is 2.70. The van der Waals surface area contributed by atoms with E-state index >= 15 is 0 Å². The highest BCUT2D eigenvalue weighted by atomic mass is 16.4. The van der Waals surface area contributed by atoms with Gasteiger partial charge in [-0.05, 0) is 26.0 Å². The van der Waals surface area contributed by atoms with Crippen molar-refractivity contribution in [2.75, 3.05) is 17.2 Å². The van der Waals surface area contributed by atoms with Gasteiger partial charge in [0, 0.05) is 6.04 Å². The van der Waals surface area contributed by atoms with Crippen LogP contribution in [0, 0.1) is 0 Å². The van der Waals surface area contributed by atoms with E-state index in [0.717, 1.165) is 0 Å². The molecule has 0 saturated heterocycles. The Balaban J connectivity index is 2.45. The molecule has 0 aliphatic carbocycles. The lowest BCUT2D eigenvalue weighted by Gasteiger charge is -2.22. The van der Waals surface area contributed by atoms with Crippen molar-refractivity contribution in [1.82, 2.24) is 4.98 Å². The number of carbonyl (C=O) groups is 1. The van der Waals surface area contributed by atoms with E-state index in [-0.39, 0.29) is 12.6 Å². The van der Waals surface area contributed by atoms with E-state index < -0.39 is 5.91 Å². The molecule has 0 bridgehead atoms. The molecule has 0 atom stereocenters. The summed E-state index contributed by atoms with van der Waals surface area (Å²) in [4.78, 5) is 17.1. The smallest absolute Gasteiger partial charge is 0.299 e. The third-order valence-corrected chi connectivity index (χ3v) is 2.63. The van der Waals surface area contributed by atoms with Crippen LogP contribution in [0.5, 0.6) is 0 Å². The lowest BCUT2D eigenvalue weighted by molar-refractivity contribution is -0.116. The van der Waals surface area contributed by atoms with E-state index in [1.807, 2.05) is 13.8 Å². The molecule has 0 fully saturated rings. The second-order valence-corrected chi connectivity index (χ2v) is 4.38. The van der Waals surface area contributed by atoms with Crippen molar-refractivity contribution >= 4 is 28.7 Å². The first-order valence-electron chi connectivity index (χ1n) is 5.69. The van der Waals surface area contributed by atoms with Crippen LogP contribution < -0.4 is 16.4 Å². The number of fused-ring (bicyclic) bond motifs is 1. The van der Waals surface area contributed by atoms with Gasteiger partial charge in [0.15, 0.2) is 5.58 Å². The summed E-state index contributed by atoms with van der Waals surface area (Å²) in [6.07, 6.45) is 0. The number of anilines is 2. The minimum atomic E-state index is -0.432. The number of nitrogens with two attached hydrogens (primary N) is 2. The van der Waals surface area contributed by atoms with Crippen LogP contribution in [0.25, 0.3) is 11.1 Å². The SMILES string of the molecule is CC(C)N(CC(N)=O)c1nc2c(N)cccc2o1. The van der Waals surface area contributed by atoms with Gasteiger partial charge >= 0.3 is 0 Å². The maximum atomic E-state index is 11.1. The van der Waals surface area contributed by atoms with Crippen LogP contribution in [0.4, 0.5) is 11.7 Å². The third-order valence-electron chi connectivity index (χ3n) is 2.63. The van der Waals surface area contributed by atoms with Crippen LogP contribution in [0.3, 0.4) is 0 Å². The molecule has 0 spiro atoms. The van der Waals surface area contributed by atoms with Crippen LogP contribution in [-0.4, -0.2) is 23.5 Å². The van der Waals surface area contributed by atoms with Crippen LogP contribution in [-0.2, 0) is 4.79 Å². The molecule has 0 aliphatic heterocycles. The monoisotopic (exact) mass is 248 g/mol. The summed E-state index contributed by atoms with van der Waals surface area (Å²) in [6.45, 7) is 3.92. The van der Waals surface area contributed by atoms with Gasteiger partial charge in [0.25, 0.3) is 6.01 Å². The Kier molecular flexibility index (Phi) is 3.10. The Labute approximate surface area is 105 Å². The topological polar surface area (TPSA) is 98.4 Å². The maximum absolute atomic E-state index is 11.1. The van der Waals surface area contributed by atoms with E-state index in [4.69, 9.17) is 15.9 Å². The van der Waals surface area contributed by atoms with E-state index in [2.05, 4.69) is 4.98 Å². The zero-order valence-corrected chi connectivity index (χ0v) is 10.4. The Hall–Kier alpha value is -2.24. The summed E-state index contributed by atoms with van der Waals surface area (Å²) in [5.41, 5.74) is 12.8. The molecule has 2 rings (SSSR count). The summed E-state index contributed by atoms with van der Waals surface area (Å²) in [5, 5.41) is 0. The van der Waals surface area contributed by atoms with Gasteiger partial charge in [-0.25, -0.2) is 0 Å². The standard InChI is InChI=1S/C12H16N4O2/c1-7(2)16(6-10(14)17)12-15-11-8(13)4-3-5-9(11)18-12/h3-5,7H,6,13H2,1-2H3,(H2,14,17). The minimum Gasteiger partial charge on any atom is -0.423 e. The first-order valence-corrected chi connectivity index (χ1v) is 5.69. The van der Waals surface area contributed by atoms with Crippen LogP contribution in [0.15, 0.2) is 22.6 Å². The zero-order valence-electron chi connectivity index (χ0n) is 10.4. The van der Waals surface area contributed by atoms with Gasteiger partial charge in [-0.2, -0.15) is 4.98 Å². The predicted octanol–water partition coefficient (Wildman–Crippen LogP) is 1.11. The lowest BCUT2D eigenvalue weighted by Crippen LogP contribution is -2.38. The predicted molar refractivity (Wildman–Crippen MR) is 70.1 cm³/mol. The van der Waals surface area contributed by atoms with Crippen molar-refractivity contribution < 1.29 is 9.21 Å². The van der Waals surface area contributed by atoms with Crippen molar-refractivity contribution in [3.05, 3.63) is 18.2 Å². The van der Waals surface area contributed by atoms with Crippen LogP contribution >= 0.6 is 0 Å². The first kappa shape index (κ1) is 12.2. The normalized spacial score (nSPS) is 11.1. The third kappa shape index (κ3) is 2.22. The number of amides is 1. The number of para-hydroxylation sites is 1. The maximum Gasteiger partial charge on any atom is 0.299 e. The molecule has 1 heterocycles.